The standard InChI is InChI=1S/C51H34N4/c1-5-15-37(16-6-1)43-33-34-44(38-17-7-2-8-18-38)50-49(43)53-47(39-19-9-3-10-20-39)48(54-50)40-29-25-35(26-30-40)36-27-31-41(32-28-36)51-52-45-23-13-14-24-46(45)55(51)42-21-11-4-12-22-42/h1-34H. The van der Waals surface area contributed by atoms with Gasteiger partial charge in [-0.05, 0) is 46.5 Å². The van der Waals surface area contributed by atoms with Crippen LogP contribution in [0.5, 0.6) is 0 Å². The first kappa shape index (κ1) is 32.2. The van der Waals surface area contributed by atoms with E-state index >= 15 is 0 Å². The summed E-state index contributed by atoms with van der Waals surface area (Å²) in [7, 11) is 0. The normalized spacial score (nSPS) is 11.3. The number of rotatable bonds is 7. The zero-order valence-electron chi connectivity index (χ0n) is 29.9. The number of hydrogen-bond acceptors (Lipinski definition) is 3. The van der Waals surface area contributed by atoms with Crippen LogP contribution in [0, 0.1) is 0 Å². The minimum absolute atomic E-state index is 0.850. The highest BCUT2D eigenvalue weighted by Crippen LogP contribution is 2.39. The lowest BCUT2D eigenvalue weighted by molar-refractivity contribution is 1.10. The second-order valence-electron chi connectivity index (χ2n) is 13.6. The Kier molecular flexibility index (Phi) is 8.12. The average molecular weight is 703 g/mol. The lowest BCUT2D eigenvalue weighted by Gasteiger charge is -2.16. The highest BCUT2D eigenvalue weighted by Gasteiger charge is 2.19. The summed E-state index contributed by atoms with van der Waals surface area (Å²) in [5, 5.41) is 0. The van der Waals surface area contributed by atoms with Gasteiger partial charge in [0, 0.05) is 33.5 Å². The topological polar surface area (TPSA) is 43.6 Å². The summed E-state index contributed by atoms with van der Waals surface area (Å²) >= 11 is 0. The molecule has 2 aromatic heterocycles. The third kappa shape index (κ3) is 5.96. The van der Waals surface area contributed by atoms with Crippen molar-refractivity contribution in [1.82, 2.24) is 19.5 Å². The minimum atomic E-state index is 0.850. The first-order chi connectivity index (χ1) is 27.3. The van der Waals surface area contributed by atoms with E-state index in [1.54, 1.807) is 0 Å². The molecule has 0 bridgehead atoms. The second-order valence-corrected chi connectivity index (χ2v) is 13.6. The summed E-state index contributed by atoms with van der Waals surface area (Å²) in [5.41, 5.74) is 16.3. The summed E-state index contributed by atoms with van der Waals surface area (Å²) in [6, 6.07) is 71.8. The van der Waals surface area contributed by atoms with E-state index in [-0.39, 0.29) is 0 Å². The van der Waals surface area contributed by atoms with E-state index in [4.69, 9.17) is 15.0 Å². The quantitative estimate of drug-likeness (QED) is 0.166. The fourth-order valence-corrected chi connectivity index (χ4v) is 7.53. The summed E-state index contributed by atoms with van der Waals surface area (Å²) in [4.78, 5) is 16.0. The first-order valence-corrected chi connectivity index (χ1v) is 18.5. The Morgan fingerprint density at radius 2 is 0.691 bits per heavy atom. The minimum Gasteiger partial charge on any atom is -0.292 e. The molecule has 0 saturated heterocycles. The fraction of sp³-hybridized carbons (Fsp3) is 0. The molecular formula is C51H34N4. The van der Waals surface area contributed by atoms with E-state index < -0.39 is 0 Å². The van der Waals surface area contributed by atoms with E-state index in [0.29, 0.717) is 0 Å². The molecule has 2 heterocycles. The monoisotopic (exact) mass is 702 g/mol. The molecule has 0 saturated carbocycles. The molecule has 4 heteroatoms. The maximum absolute atomic E-state index is 5.51. The van der Waals surface area contributed by atoms with Crippen LogP contribution in [0.1, 0.15) is 0 Å². The van der Waals surface area contributed by atoms with Crippen molar-refractivity contribution in [3.63, 3.8) is 0 Å². The molecule has 0 atom stereocenters. The lowest BCUT2D eigenvalue weighted by atomic mass is 9.95. The van der Waals surface area contributed by atoms with Crippen molar-refractivity contribution in [1.29, 1.82) is 0 Å². The molecule has 0 aliphatic heterocycles. The maximum atomic E-state index is 5.51. The summed E-state index contributed by atoms with van der Waals surface area (Å²) < 4.78 is 2.24. The molecule has 0 amide bonds. The van der Waals surface area contributed by atoms with Crippen LogP contribution in [-0.4, -0.2) is 19.5 Å². The number of hydrogen-bond donors (Lipinski definition) is 0. The van der Waals surface area contributed by atoms with E-state index in [1.807, 2.05) is 30.3 Å². The first-order valence-electron chi connectivity index (χ1n) is 18.5. The molecule has 0 aliphatic rings. The van der Waals surface area contributed by atoms with Crippen LogP contribution >= 0.6 is 0 Å². The van der Waals surface area contributed by atoms with Crippen molar-refractivity contribution in [3.8, 4) is 73.0 Å². The average Bonchev–Trinajstić information content (AvgIpc) is 3.67. The van der Waals surface area contributed by atoms with Gasteiger partial charge in [-0.2, -0.15) is 0 Å². The van der Waals surface area contributed by atoms with Crippen LogP contribution in [-0.2, 0) is 0 Å². The number of fused-ring (bicyclic) bond motifs is 2. The third-order valence-electron chi connectivity index (χ3n) is 10.2. The number of nitrogens with zero attached hydrogens (tertiary/aromatic N) is 4. The van der Waals surface area contributed by atoms with Gasteiger partial charge in [0.2, 0.25) is 0 Å². The van der Waals surface area contributed by atoms with Crippen LogP contribution in [0.15, 0.2) is 206 Å². The van der Waals surface area contributed by atoms with E-state index in [2.05, 4.69) is 180 Å². The predicted octanol–water partition coefficient (Wildman–Crippen LogP) is 13.0. The van der Waals surface area contributed by atoms with Crippen LogP contribution < -0.4 is 0 Å². The van der Waals surface area contributed by atoms with Gasteiger partial charge in [-0.1, -0.05) is 182 Å². The molecule has 0 fully saturated rings. The van der Waals surface area contributed by atoms with Gasteiger partial charge < -0.3 is 0 Å². The zero-order chi connectivity index (χ0) is 36.6. The van der Waals surface area contributed by atoms with Gasteiger partial charge in [0.1, 0.15) is 5.82 Å². The highest BCUT2D eigenvalue weighted by atomic mass is 15.1. The molecule has 258 valence electrons. The Balaban J connectivity index is 1.07. The summed E-state index contributed by atoms with van der Waals surface area (Å²) in [5.74, 6) is 0.919. The van der Waals surface area contributed by atoms with Gasteiger partial charge in [-0.25, -0.2) is 15.0 Å². The molecule has 0 spiro atoms. The highest BCUT2D eigenvalue weighted by molar-refractivity contribution is 6.03. The molecule has 0 N–H and O–H groups in total. The van der Waals surface area contributed by atoms with Crippen LogP contribution in [0.2, 0.25) is 0 Å². The number of aromatic nitrogens is 4. The van der Waals surface area contributed by atoms with Crippen molar-refractivity contribution in [3.05, 3.63) is 206 Å². The van der Waals surface area contributed by atoms with Gasteiger partial charge in [0.25, 0.3) is 0 Å². The molecule has 10 rings (SSSR count). The van der Waals surface area contributed by atoms with E-state index in [1.165, 1.54) is 0 Å². The molecule has 0 radical (unpaired) electrons. The number of imidazole rings is 1. The van der Waals surface area contributed by atoms with Crippen LogP contribution in [0.4, 0.5) is 0 Å². The molecule has 0 aliphatic carbocycles. The Hall–Kier alpha value is -7.43. The van der Waals surface area contributed by atoms with Crippen molar-refractivity contribution >= 4 is 22.1 Å². The smallest absolute Gasteiger partial charge is 0.145 e. The largest absolute Gasteiger partial charge is 0.292 e. The second kappa shape index (κ2) is 13.8. The van der Waals surface area contributed by atoms with Crippen molar-refractivity contribution in [2.45, 2.75) is 0 Å². The van der Waals surface area contributed by atoms with Gasteiger partial charge >= 0.3 is 0 Å². The van der Waals surface area contributed by atoms with Gasteiger partial charge in [-0.3, -0.25) is 4.57 Å². The number of benzene rings is 8. The van der Waals surface area contributed by atoms with Gasteiger partial charge in [-0.15, -0.1) is 0 Å². The van der Waals surface area contributed by atoms with Crippen LogP contribution in [0.3, 0.4) is 0 Å². The molecule has 8 aromatic carbocycles. The molecular weight excluding hydrogens is 669 g/mol. The van der Waals surface area contributed by atoms with E-state index in [0.717, 1.165) is 95.0 Å². The van der Waals surface area contributed by atoms with Crippen molar-refractivity contribution < 1.29 is 0 Å². The third-order valence-corrected chi connectivity index (χ3v) is 10.2. The Morgan fingerprint density at radius 1 is 0.291 bits per heavy atom. The fourth-order valence-electron chi connectivity index (χ4n) is 7.53. The molecule has 4 nitrogen and oxygen atoms in total. The molecule has 10 aromatic rings. The number of para-hydroxylation sites is 3. The van der Waals surface area contributed by atoms with Crippen molar-refractivity contribution in [2.24, 2.45) is 0 Å². The molecule has 0 unspecified atom stereocenters. The molecule has 55 heavy (non-hydrogen) atoms. The Morgan fingerprint density at radius 3 is 1.22 bits per heavy atom. The van der Waals surface area contributed by atoms with Crippen LogP contribution in [0.25, 0.3) is 95.0 Å². The Labute approximate surface area is 319 Å². The maximum Gasteiger partial charge on any atom is 0.145 e. The Bertz CT molecular complexity index is 2920. The van der Waals surface area contributed by atoms with Gasteiger partial charge in [0.05, 0.1) is 33.5 Å². The van der Waals surface area contributed by atoms with Crippen molar-refractivity contribution in [2.75, 3.05) is 0 Å². The summed E-state index contributed by atoms with van der Waals surface area (Å²) in [6.45, 7) is 0. The zero-order valence-corrected chi connectivity index (χ0v) is 29.9. The SMILES string of the molecule is c1ccc(-c2nc3c(-c4ccccc4)ccc(-c4ccccc4)c3nc2-c2ccc(-c3ccc(-c4nc5ccccc5n4-c4ccccc4)cc3)cc2)cc1. The van der Waals surface area contributed by atoms with E-state index in [9.17, 15) is 0 Å². The van der Waals surface area contributed by atoms with Gasteiger partial charge in [0.15, 0.2) is 0 Å². The lowest BCUT2D eigenvalue weighted by Crippen LogP contribution is -1.99. The predicted molar refractivity (Wildman–Crippen MR) is 227 cm³/mol. The summed E-state index contributed by atoms with van der Waals surface area (Å²) in [6.07, 6.45) is 0.